The van der Waals surface area contributed by atoms with Crippen LogP contribution < -0.4 is 0 Å². The smallest absolute Gasteiger partial charge is 0.0449 e. The summed E-state index contributed by atoms with van der Waals surface area (Å²) in [7, 11) is 0. The van der Waals surface area contributed by atoms with E-state index >= 15 is 0 Å². The van der Waals surface area contributed by atoms with Gasteiger partial charge in [-0.1, -0.05) is 60.7 Å². The van der Waals surface area contributed by atoms with Crippen LogP contribution in [0.5, 0.6) is 0 Å². The van der Waals surface area contributed by atoms with Crippen molar-refractivity contribution in [2.45, 2.75) is 6.42 Å². The summed E-state index contributed by atoms with van der Waals surface area (Å²) in [4.78, 5) is 6.67. The molecule has 0 atom stereocenters. The van der Waals surface area contributed by atoms with Gasteiger partial charge in [-0.3, -0.25) is 0 Å². The lowest BCUT2D eigenvalue weighted by Gasteiger charge is -2.05. The van der Waals surface area contributed by atoms with Crippen LogP contribution >= 0.6 is 34.0 Å². The minimum atomic E-state index is 0.916. The van der Waals surface area contributed by atoms with Crippen LogP contribution in [0.3, 0.4) is 0 Å². The highest BCUT2D eigenvalue weighted by Crippen LogP contribution is 2.41. The van der Waals surface area contributed by atoms with Crippen molar-refractivity contribution < 1.29 is 0 Å². The van der Waals surface area contributed by atoms with E-state index in [0.717, 1.165) is 6.42 Å². The molecule has 2 aromatic carbocycles. The van der Waals surface area contributed by atoms with Gasteiger partial charge < -0.3 is 0 Å². The number of allylic oxidation sites excluding steroid dienone is 1. The Morgan fingerprint density at radius 3 is 1.70 bits per heavy atom. The summed E-state index contributed by atoms with van der Waals surface area (Å²) in [6.45, 7) is 3.81. The van der Waals surface area contributed by atoms with Gasteiger partial charge in [-0.05, 0) is 64.4 Å². The summed E-state index contributed by atoms with van der Waals surface area (Å²) < 4.78 is 0. The van der Waals surface area contributed by atoms with Crippen LogP contribution in [0.4, 0.5) is 0 Å². The number of thiophene rings is 3. The van der Waals surface area contributed by atoms with E-state index in [4.69, 9.17) is 0 Å². The SMILES string of the molecule is C=CCc1ccc(-c2ccc(-c3ccc(-c4ccc(-c5cccs5)s4)s3)cc2)cc1. The molecule has 0 aliphatic heterocycles. The number of benzene rings is 2. The quantitative estimate of drug-likeness (QED) is 0.231. The Morgan fingerprint density at radius 1 is 0.567 bits per heavy atom. The molecule has 0 N–H and O–H groups in total. The van der Waals surface area contributed by atoms with Crippen molar-refractivity contribution in [1.82, 2.24) is 0 Å². The zero-order chi connectivity index (χ0) is 20.3. The van der Waals surface area contributed by atoms with Crippen LogP contribution in [0.2, 0.25) is 0 Å². The van der Waals surface area contributed by atoms with Crippen molar-refractivity contribution in [1.29, 1.82) is 0 Å². The highest BCUT2D eigenvalue weighted by molar-refractivity contribution is 7.27. The molecular weight excluding hydrogens is 420 g/mol. The molecule has 0 aliphatic carbocycles. The van der Waals surface area contributed by atoms with Gasteiger partial charge in [-0.2, -0.15) is 0 Å². The lowest BCUT2D eigenvalue weighted by Crippen LogP contribution is -1.82. The maximum atomic E-state index is 3.81. The second kappa shape index (κ2) is 8.57. The second-order valence-corrected chi connectivity index (χ2v) is 10.2. The van der Waals surface area contributed by atoms with Crippen molar-refractivity contribution in [3.8, 4) is 41.1 Å². The Morgan fingerprint density at radius 2 is 1.10 bits per heavy atom. The number of hydrogen-bond donors (Lipinski definition) is 0. The second-order valence-electron chi connectivity index (χ2n) is 7.07. The van der Waals surface area contributed by atoms with Gasteiger partial charge in [-0.25, -0.2) is 0 Å². The van der Waals surface area contributed by atoms with Crippen LogP contribution in [0.15, 0.2) is 103 Å². The minimum absolute atomic E-state index is 0.916. The standard InChI is InChI=1S/C27H20S3/c1-2-4-19-6-8-20(9-7-19)21-10-12-22(13-11-21)23-14-15-26(29-23)27-17-16-25(30-27)24-5-3-18-28-24/h2-3,5-18H,1,4H2. The monoisotopic (exact) mass is 440 g/mol. The van der Waals surface area contributed by atoms with Crippen molar-refractivity contribution >= 4 is 34.0 Å². The Labute approximate surface area is 189 Å². The fourth-order valence-electron chi connectivity index (χ4n) is 3.47. The van der Waals surface area contributed by atoms with E-state index in [-0.39, 0.29) is 0 Å². The summed E-state index contributed by atoms with van der Waals surface area (Å²) in [5.41, 5.74) is 5.07. The van der Waals surface area contributed by atoms with Gasteiger partial charge in [0.2, 0.25) is 0 Å². The molecule has 0 fully saturated rings. The molecule has 3 heterocycles. The van der Waals surface area contributed by atoms with Crippen LogP contribution in [0.25, 0.3) is 41.1 Å². The molecule has 0 saturated heterocycles. The summed E-state index contributed by atoms with van der Waals surface area (Å²) >= 11 is 5.53. The van der Waals surface area contributed by atoms with E-state index in [2.05, 4.69) is 96.9 Å². The molecule has 30 heavy (non-hydrogen) atoms. The molecule has 5 aromatic rings. The Kier molecular flexibility index (Phi) is 5.50. The average molecular weight is 441 g/mol. The van der Waals surface area contributed by atoms with E-state index in [1.54, 1.807) is 11.3 Å². The minimum Gasteiger partial charge on any atom is -0.143 e. The first-order valence-corrected chi connectivity index (χ1v) is 12.4. The molecule has 0 saturated carbocycles. The van der Waals surface area contributed by atoms with Gasteiger partial charge >= 0.3 is 0 Å². The van der Waals surface area contributed by atoms with Crippen molar-refractivity contribution in [3.63, 3.8) is 0 Å². The predicted molar refractivity (Wildman–Crippen MR) is 136 cm³/mol. The summed E-state index contributed by atoms with van der Waals surface area (Å²) in [6.07, 6.45) is 2.86. The molecule has 0 bridgehead atoms. The van der Waals surface area contributed by atoms with Crippen LogP contribution in [-0.2, 0) is 6.42 Å². The van der Waals surface area contributed by atoms with Gasteiger partial charge in [0, 0.05) is 24.4 Å². The fraction of sp³-hybridized carbons (Fsp3) is 0.0370. The van der Waals surface area contributed by atoms with Crippen LogP contribution in [0.1, 0.15) is 5.56 Å². The lowest BCUT2D eigenvalue weighted by molar-refractivity contribution is 1.28. The molecule has 0 nitrogen and oxygen atoms in total. The highest BCUT2D eigenvalue weighted by atomic mass is 32.1. The fourth-order valence-corrected chi connectivity index (χ4v) is 6.42. The molecule has 3 heteroatoms. The summed E-state index contributed by atoms with van der Waals surface area (Å²) in [6, 6.07) is 30.9. The van der Waals surface area contributed by atoms with Gasteiger partial charge in [-0.15, -0.1) is 40.6 Å². The van der Waals surface area contributed by atoms with Crippen molar-refractivity contribution in [2.75, 3.05) is 0 Å². The Hall–Kier alpha value is -2.72. The van der Waals surface area contributed by atoms with Gasteiger partial charge in [0.15, 0.2) is 0 Å². The molecule has 0 radical (unpaired) electrons. The molecule has 0 amide bonds. The highest BCUT2D eigenvalue weighted by Gasteiger charge is 2.09. The maximum Gasteiger partial charge on any atom is 0.0449 e. The molecule has 146 valence electrons. The zero-order valence-corrected chi connectivity index (χ0v) is 18.8. The molecule has 0 aliphatic rings. The third-order valence-electron chi connectivity index (χ3n) is 5.06. The molecule has 5 rings (SSSR count). The van der Waals surface area contributed by atoms with Crippen molar-refractivity contribution in [2.24, 2.45) is 0 Å². The van der Waals surface area contributed by atoms with E-state index in [0.29, 0.717) is 0 Å². The Balaban J connectivity index is 1.35. The summed E-state index contributed by atoms with van der Waals surface area (Å²) in [5, 5.41) is 2.14. The first-order valence-electron chi connectivity index (χ1n) is 9.85. The van der Waals surface area contributed by atoms with E-state index in [1.165, 1.54) is 46.6 Å². The molecule has 3 aromatic heterocycles. The van der Waals surface area contributed by atoms with E-state index in [1.807, 2.05) is 28.7 Å². The molecule has 0 spiro atoms. The molecule has 0 unspecified atom stereocenters. The van der Waals surface area contributed by atoms with Gasteiger partial charge in [0.1, 0.15) is 0 Å². The normalized spacial score (nSPS) is 10.9. The van der Waals surface area contributed by atoms with Crippen LogP contribution in [-0.4, -0.2) is 0 Å². The maximum absolute atomic E-state index is 3.81. The Bertz CT molecular complexity index is 1250. The van der Waals surface area contributed by atoms with Crippen molar-refractivity contribution in [3.05, 3.63) is 109 Å². The summed E-state index contributed by atoms with van der Waals surface area (Å²) in [5.74, 6) is 0. The average Bonchev–Trinajstić information content (AvgIpc) is 3.56. The lowest BCUT2D eigenvalue weighted by atomic mass is 10.0. The first kappa shape index (κ1) is 19.3. The predicted octanol–water partition coefficient (Wildman–Crippen LogP) is 9.27. The zero-order valence-electron chi connectivity index (χ0n) is 16.4. The van der Waals surface area contributed by atoms with Gasteiger partial charge in [0.05, 0.1) is 0 Å². The molecular formula is C27H20S3. The van der Waals surface area contributed by atoms with Gasteiger partial charge in [0.25, 0.3) is 0 Å². The third-order valence-corrected chi connectivity index (χ3v) is 8.54. The van der Waals surface area contributed by atoms with E-state index < -0.39 is 0 Å². The first-order chi connectivity index (χ1) is 14.8. The third kappa shape index (κ3) is 3.97. The van der Waals surface area contributed by atoms with E-state index in [9.17, 15) is 0 Å². The topological polar surface area (TPSA) is 0 Å². The largest absolute Gasteiger partial charge is 0.143 e. The number of rotatable bonds is 6. The van der Waals surface area contributed by atoms with Crippen LogP contribution in [0, 0.1) is 0 Å². The number of hydrogen-bond acceptors (Lipinski definition) is 3.